The Kier molecular flexibility index (Phi) is 7.66. The molecule has 0 aromatic heterocycles. The van der Waals surface area contributed by atoms with E-state index in [1.165, 1.54) is 30.2 Å². The van der Waals surface area contributed by atoms with Gasteiger partial charge in [-0.15, -0.1) is 0 Å². The second kappa shape index (κ2) is 10.3. The van der Waals surface area contributed by atoms with Gasteiger partial charge in [0.1, 0.15) is 12.3 Å². The highest BCUT2D eigenvalue weighted by molar-refractivity contribution is 7.92. The van der Waals surface area contributed by atoms with Crippen LogP contribution in [0.4, 0.5) is 5.69 Å². The molecular weight excluding hydrogens is 471 g/mol. The molecule has 0 unspecified atom stereocenters. The summed E-state index contributed by atoms with van der Waals surface area (Å²) in [6, 6.07) is 19.6. The molecule has 3 rings (SSSR count). The van der Waals surface area contributed by atoms with Gasteiger partial charge in [0.2, 0.25) is 5.91 Å². The van der Waals surface area contributed by atoms with Crippen LogP contribution in [0.2, 0.25) is 10.0 Å². The number of methoxy groups -OCH3 is 1. The number of sulfonamides is 1. The van der Waals surface area contributed by atoms with Crippen molar-refractivity contribution in [1.82, 2.24) is 4.90 Å². The van der Waals surface area contributed by atoms with Gasteiger partial charge in [-0.05, 0) is 48.0 Å². The Bertz CT molecular complexity index is 1190. The number of benzene rings is 3. The molecule has 0 aliphatic carbocycles. The zero-order valence-electron chi connectivity index (χ0n) is 17.5. The third kappa shape index (κ3) is 5.54. The summed E-state index contributed by atoms with van der Waals surface area (Å²) in [7, 11) is -1.05. The highest BCUT2D eigenvalue weighted by Gasteiger charge is 2.30. The van der Waals surface area contributed by atoms with Gasteiger partial charge in [-0.2, -0.15) is 0 Å². The van der Waals surface area contributed by atoms with E-state index in [0.29, 0.717) is 16.6 Å². The van der Waals surface area contributed by atoms with E-state index >= 15 is 0 Å². The molecule has 0 N–H and O–H groups in total. The number of nitrogens with zero attached hydrogens (tertiary/aromatic N) is 2. The topological polar surface area (TPSA) is 66.9 Å². The quantitative estimate of drug-likeness (QED) is 0.450. The number of ether oxygens (including phenoxy) is 1. The van der Waals surface area contributed by atoms with E-state index in [1.807, 2.05) is 12.1 Å². The number of rotatable bonds is 8. The van der Waals surface area contributed by atoms with Crippen LogP contribution >= 0.6 is 23.2 Å². The zero-order valence-corrected chi connectivity index (χ0v) is 19.9. The fourth-order valence-electron chi connectivity index (χ4n) is 3.07. The van der Waals surface area contributed by atoms with Crippen LogP contribution < -0.4 is 9.04 Å². The van der Waals surface area contributed by atoms with Gasteiger partial charge in [-0.25, -0.2) is 8.42 Å². The SMILES string of the molecule is COc1ccc(Cl)cc1N(CC(=O)N(C)Cc1ccc(Cl)cc1)S(=O)(=O)c1ccccc1. The molecule has 0 aliphatic rings. The number of hydrogen-bond donors (Lipinski definition) is 0. The van der Waals surface area contributed by atoms with Crippen molar-refractivity contribution in [3.63, 3.8) is 0 Å². The van der Waals surface area contributed by atoms with E-state index in [0.717, 1.165) is 9.87 Å². The lowest BCUT2D eigenvalue weighted by Crippen LogP contribution is -2.41. The van der Waals surface area contributed by atoms with Gasteiger partial charge in [-0.1, -0.05) is 53.5 Å². The van der Waals surface area contributed by atoms with Gasteiger partial charge in [-0.3, -0.25) is 9.10 Å². The van der Waals surface area contributed by atoms with Crippen LogP contribution in [0.25, 0.3) is 0 Å². The summed E-state index contributed by atoms with van der Waals surface area (Å²) >= 11 is 12.1. The monoisotopic (exact) mass is 492 g/mol. The van der Waals surface area contributed by atoms with Crippen LogP contribution in [0.15, 0.2) is 77.7 Å². The maximum atomic E-state index is 13.5. The highest BCUT2D eigenvalue weighted by Crippen LogP contribution is 2.34. The number of anilines is 1. The fourth-order valence-corrected chi connectivity index (χ4v) is 4.80. The van der Waals surface area contributed by atoms with Crippen LogP contribution in [-0.4, -0.2) is 39.9 Å². The Morgan fingerprint density at radius 3 is 2.19 bits per heavy atom. The Morgan fingerprint density at radius 1 is 0.938 bits per heavy atom. The third-order valence-corrected chi connectivity index (χ3v) is 7.04. The lowest BCUT2D eigenvalue weighted by atomic mass is 10.2. The molecule has 6 nitrogen and oxygen atoms in total. The number of halogens is 2. The zero-order chi connectivity index (χ0) is 23.3. The van der Waals surface area contributed by atoms with Crippen molar-refractivity contribution in [1.29, 1.82) is 0 Å². The maximum absolute atomic E-state index is 13.5. The standard InChI is InChI=1S/C23H22Cl2N2O4S/c1-26(15-17-8-10-18(24)11-9-17)23(28)16-27(21-14-19(25)12-13-22(21)31-2)32(29,30)20-6-4-3-5-7-20/h3-14H,15-16H2,1-2H3. The number of likely N-dealkylation sites (N-methyl/N-ethyl adjacent to an activating group) is 1. The molecule has 3 aromatic carbocycles. The van der Waals surface area contributed by atoms with Crippen LogP contribution in [-0.2, 0) is 21.4 Å². The number of carbonyl (C=O) groups excluding carboxylic acids is 1. The first-order valence-corrected chi connectivity index (χ1v) is 11.8. The van der Waals surface area contributed by atoms with Crippen molar-refractivity contribution in [2.45, 2.75) is 11.4 Å². The highest BCUT2D eigenvalue weighted by atomic mass is 35.5. The van der Waals surface area contributed by atoms with E-state index in [1.54, 1.807) is 49.5 Å². The molecule has 1 amide bonds. The molecule has 0 heterocycles. The predicted octanol–water partition coefficient (Wildman–Crippen LogP) is 4.86. The summed E-state index contributed by atoms with van der Waals surface area (Å²) in [5.74, 6) is -0.122. The van der Waals surface area contributed by atoms with E-state index in [4.69, 9.17) is 27.9 Å². The first-order valence-electron chi connectivity index (χ1n) is 9.62. The van der Waals surface area contributed by atoms with Gasteiger partial charge in [0, 0.05) is 23.6 Å². The van der Waals surface area contributed by atoms with Gasteiger partial charge in [0.05, 0.1) is 17.7 Å². The molecule has 0 spiro atoms. The fraction of sp³-hybridized carbons (Fsp3) is 0.174. The van der Waals surface area contributed by atoms with Crippen molar-refractivity contribution in [3.8, 4) is 5.75 Å². The Balaban J connectivity index is 1.97. The van der Waals surface area contributed by atoms with Crippen molar-refractivity contribution < 1.29 is 17.9 Å². The lowest BCUT2D eigenvalue weighted by Gasteiger charge is -2.28. The van der Waals surface area contributed by atoms with Gasteiger partial charge < -0.3 is 9.64 Å². The molecular formula is C23H22Cl2N2O4S. The number of amides is 1. The van der Waals surface area contributed by atoms with Gasteiger partial charge in [0.25, 0.3) is 10.0 Å². The molecule has 0 bridgehead atoms. The summed E-state index contributed by atoms with van der Waals surface area (Å²) in [6.07, 6.45) is 0. The molecule has 3 aromatic rings. The Morgan fingerprint density at radius 2 is 1.56 bits per heavy atom. The van der Waals surface area contributed by atoms with E-state index in [-0.39, 0.29) is 16.3 Å². The smallest absolute Gasteiger partial charge is 0.264 e. The molecule has 9 heteroatoms. The summed E-state index contributed by atoms with van der Waals surface area (Å²) in [5.41, 5.74) is 1.04. The maximum Gasteiger partial charge on any atom is 0.264 e. The summed E-state index contributed by atoms with van der Waals surface area (Å²) in [4.78, 5) is 14.6. The number of carbonyl (C=O) groups is 1. The molecule has 0 saturated heterocycles. The van der Waals surface area contributed by atoms with Gasteiger partial charge >= 0.3 is 0 Å². The molecule has 0 atom stereocenters. The Hall–Kier alpha value is -2.74. The second-order valence-electron chi connectivity index (χ2n) is 7.02. The van der Waals surface area contributed by atoms with Crippen LogP contribution in [0, 0.1) is 0 Å². The van der Waals surface area contributed by atoms with E-state index in [9.17, 15) is 13.2 Å². The van der Waals surface area contributed by atoms with E-state index < -0.39 is 22.5 Å². The van der Waals surface area contributed by atoms with Crippen LogP contribution in [0.3, 0.4) is 0 Å². The molecule has 0 saturated carbocycles. The number of hydrogen-bond acceptors (Lipinski definition) is 4. The third-order valence-electron chi connectivity index (χ3n) is 4.78. The van der Waals surface area contributed by atoms with Crippen molar-refractivity contribution in [3.05, 3.63) is 88.4 Å². The second-order valence-corrected chi connectivity index (χ2v) is 9.75. The van der Waals surface area contributed by atoms with Crippen LogP contribution in [0.5, 0.6) is 5.75 Å². The summed E-state index contributed by atoms with van der Waals surface area (Å²) in [5, 5.41) is 0.909. The predicted molar refractivity (Wildman–Crippen MR) is 127 cm³/mol. The normalized spacial score (nSPS) is 11.1. The van der Waals surface area contributed by atoms with Crippen LogP contribution in [0.1, 0.15) is 5.56 Å². The largest absolute Gasteiger partial charge is 0.495 e. The molecule has 0 radical (unpaired) electrons. The summed E-state index contributed by atoms with van der Waals surface area (Å²) < 4.78 is 33.4. The lowest BCUT2D eigenvalue weighted by molar-refractivity contribution is -0.128. The van der Waals surface area contributed by atoms with Gasteiger partial charge in [0.15, 0.2) is 0 Å². The molecule has 0 aliphatic heterocycles. The minimum Gasteiger partial charge on any atom is -0.495 e. The van der Waals surface area contributed by atoms with Crippen molar-refractivity contribution in [2.75, 3.05) is 25.0 Å². The van der Waals surface area contributed by atoms with Crippen molar-refractivity contribution >= 4 is 44.8 Å². The molecule has 168 valence electrons. The molecule has 32 heavy (non-hydrogen) atoms. The van der Waals surface area contributed by atoms with Crippen molar-refractivity contribution in [2.24, 2.45) is 0 Å². The minimum absolute atomic E-state index is 0.0511. The summed E-state index contributed by atoms with van der Waals surface area (Å²) in [6.45, 7) is -0.139. The minimum atomic E-state index is -4.08. The first kappa shape index (κ1) is 23.9. The first-order chi connectivity index (χ1) is 15.2. The average Bonchev–Trinajstić information content (AvgIpc) is 2.79. The van der Waals surface area contributed by atoms with E-state index in [2.05, 4.69) is 0 Å². The average molecular weight is 493 g/mol. The molecule has 0 fully saturated rings. The Labute approximate surface area is 198 Å².